The van der Waals surface area contributed by atoms with Gasteiger partial charge in [0, 0.05) is 17.7 Å². The topological polar surface area (TPSA) is 143 Å². The van der Waals surface area contributed by atoms with Gasteiger partial charge in [-0.15, -0.1) is 5.10 Å². The highest BCUT2D eigenvalue weighted by Crippen LogP contribution is 2.37. The van der Waals surface area contributed by atoms with Crippen molar-refractivity contribution in [3.63, 3.8) is 0 Å². The fourth-order valence-electron chi connectivity index (χ4n) is 3.84. The fraction of sp³-hybridized carbons (Fsp3) is 0.333. The van der Waals surface area contributed by atoms with Gasteiger partial charge >= 0.3 is 0 Å². The molecule has 4 unspecified atom stereocenters. The van der Waals surface area contributed by atoms with Crippen molar-refractivity contribution < 1.29 is 33.3 Å². The number of hydrogen-bond acceptors (Lipinski definition) is 9. The zero-order valence-electron chi connectivity index (χ0n) is 18.4. The molecule has 0 amide bonds. The van der Waals surface area contributed by atoms with Gasteiger partial charge in [-0.25, -0.2) is 27.5 Å². The van der Waals surface area contributed by atoms with Crippen LogP contribution >= 0.6 is 0 Å². The second kappa shape index (κ2) is 9.95. The summed E-state index contributed by atoms with van der Waals surface area (Å²) in [4.78, 5) is 4.22. The Morgan fingerprint density at radius 2 is 2.03 bits per heavy atom. The zero-order chi connectivity index (χ0) is 25.3. The summed E-state index contributed by atoms with van der Waals surface area (Å²) in [6.07, 6.45) is 1.23. The number of hydroxylamine groups is 1. The molecule has 0 saturated carbocycles. The number of ether oxygens (including phenoxy) is 1. The van der Waals surface area contributed by atoms with Crippen LogP contribution in [0.3, 0.4) is 0 Å². The average Bonchev–Trinajstić information content (AvgIpc) is 3.52. The van der Waals surface area contributed by atoms with E-state index < -0.39 is 48.4 Å². The van der Waals surface area contributed by atoms with E-state index in [9.17, 15) is 23.4 Å². The Hall–Kier alpha value is -3.59. The smallest absolute Gasteiger partial charge is 0.194 e. The summed E-state index contributed by atoms with van der Waals surface area (Å²) in [5.41, 5.74) is 2.74. The molecule has 1 saturated heterocycles. The van der Waals surface area contributed by atoms with Crippen molar-refractivity contribution in [2.75, 3.05) is 6.61 Å². The maximum atomic E-state index is 13.7. The molecular formula is C21H22F3N7O4. The number of benzene rings is 1. The number of aliphatic hydroxyl groups is 2. The zero-order valence-corrected chi connectivity index (χ0v) is 18.4. The summed E-state index contributed by atoms with van der Waals surface area (Å²) >= 11 is 0. The fourth-order valence-corrected chi connectivity index (χ4v) is 3.84. The second-order valence-electron chi connectivity index (χ2n) is 7.94. The van der Waals surface area contributed by atoms with Crippen LogP contribution < -0.4 is 5.48 Å². The summed E-state index contributed by atoms with van der Waals surface area (Å²) in [5, 5.41) is 41.6. The summed E-state index contributed by atoms with van der Waals surface area (Å²) in [7, 11) is 0. The van der Waals surface area contributed by atoms with Crippen LogP contribution in [0.5, 0.6) is 0 Å². The number of rotatable bonds is 7. The van der Waals surface area contributed by atoms with E-state index in [1.54, 1.807) is 6.92 Å². The van der Waals surface area contributed by atoms with Crippen molar-refractivity contribution in [2.45, 2.75) is 37.7 Å². The lowest BCUT2D eigenvalue weighted by Gasteiger charge is -2.38. The highest BCUT2D eigenvalue weighted by molar-refractivity contribution is 5.58. The predicted octanol–water partition coefficient (Wildman–Crippen LogP) is 1.73. The molecule has 4 atom stereocenters. The molecule has 3 aromatic rings. The van der Waals surface area contributed by atoms with E-state index in [0.29, 0.717) is 17.2 Å². The van der Waals surface area contributed by atoms with Crippen molar-refractivity contribution in [1.29, 1.82) is 0 Å². The molecule has 2 aromatic heterocycles. The lowest BCUT2D eigenvalue weighted by molar-refractivity contribution is -0.161. The molecule has 1 aliphatic rings. The Morgan fingerprint density at radius 3 is 2.69 bits per heavy atom. The van der Waals surface area contributed by atoms with E-state index in [2.05, 4.69) is 27.0 Å². The molecule has 35 heavy (non-hydrogen) atoms. The Bertz CT molecular complexity index is 1240. The number of aromatic nitrogens is 6. The summed E-state index contributed by atoms with van der Waals surface area (Å²) in [6, 6.07) is 0.798. The third kappa shape index (κ3) is 4.81. The molecule has 0 bridgehead atoms. The Morgan fingerprint density at radius 1 is 1.31 bits per heavy atom. The molecule has 3 heterocycles. The first kappa shape index (κ1) is 24.5. The van der Waals surface area contributed by atoms with Gasteiger partial charge in [-0.1, -0.05) is 11.8 Å². The summed E-state index contributed by atoms with van der Waals surface area (Å²) in [6.45, 7) is 4.98. The first-order valence-corrected chi connectivity index (χ1v) is 10.4. The Kier molecular flexibility index (Phi) is 6.98. The highest BCUT2D eigenvalue weighted by atomic mass is 19.2. The number of aliphatic hydroxyl groups excluding tert-OH is 2. The van der Waals surface area contributed by atoms with Gasteiger partial charge in [-0.2, -0.15) is 5.10 Å². The maximum absolute atomic E-state index is 13.7. The van der Waals surface area contributed by atoms with Crippen LogP contribution in [0.2, 0.25) is 0 Å². The van der Waals surface area contributed by atoms with Gasteiger partial charge < -0.3 is 14.9 Å². The molecule has 1 aromatic carbocycles. The van der Waals surface area contributed by atoms with E-state index in [1.165, 1.54) is 28.0 Å². The molecule has 186 valence electrons. The molecule has 1 aliphatic heterocycles. The minimum absolute atomic E-state index is 0.0415. The lowest BCUT2D eigenvalue weighted by atomic mass is 9.95. The van der Waals surface area contributed by atoms with Crippen LogP contribution in [0.4, 0.5) is 13.2 Å². The van der Waals surface area contributed by atoms with Crippen molar-refractivity contribution in [3.05, 3.63) is 66.3 Å². The molecule has 0 spiro atoms. The third-order valence-electron chi connectivity index (χ3n) is 5.57. The van der Waals surface area contributed by atoms with Crippen LogP contribution in [0, 0.1) is 17.5 Å². The summed E-state index contributed by atoms with van der Waals surface area (Å²) in [5.74, 6) is -4.03. The first-order chi connectivity index (χ1) is 16.7. The number of nitrogens with one attached hydrogen (secondary N) is 1. The molecule has 4 rings (SSSR count). The monoisotopic (exact) mass is 493 g/mol. The van der Waals surface area contributed by atoms with Gasteiger partial charge in [-0.3, -0.25) is 10.7 Å². The second-order valence-corrected chi connectivity index (χ2v) is 7.94. The Balaban J connectivity index is 1.64. The van der Waals surface area contributed by atoms with Crippen LogP contribution in [0.1, 0.15) is 31.3 Å². The number of allylic oxidation sites excluding steroid dienone is 3. The molecule has 0 aliphatic carbocycles. The minimum Gasteiger partial charge on any atom is -0.394 e. The van der Waals surface area contributed by atoms with Gasteiger partial charge in [0.05, 0.1) is 24.5 Å². The van der Waals surface area contributed by atoms with Gasteiger partial charge in [0.15, 0.2) is 23.3 Å². The van der Waals surface area contributed by atoms with Crippen molar-refractivity contribution in [2.24, 2.45) is 0 Å². The van der Waals surface area contributed by atoms with Gasteiger partial charge in [-0.05, 0) is 25.1 Å². The quantitative estimate of drug-likeness (QED) is 0.220. The molecular weight excluding hydrogens is 471 g/mol. The maximum Gasteiger partial charge on any atom is 0.194 e. The van der Waals surface area contributed by atoms with Crippen molar-refractivity contribution >= 4 is 5.70 Å². The molecule has 14 heteroatoms. The minimum atomic E-state index is -1.60. The van der Waals surface area contributed by atoms with Crippen LogP contribution in [-0.4, -0.2) is 64.0 Å². The largest absolute Gasteiger partial charge is 0.394 e. The van der Waals surface area contributed by atoms with Crippen molar-refractivity contribution in [1.82, 2.24) is 35.2 Å². The standard InChI is InChI=1S/C21H22F3N7O4/c1-10(28-34)3-11(2)31-21(25-9-26-31)17-6-16(20(33)18(8-32)35-17)30-7-15(27-29-30)12-4-13(22)19(24)14(23)5-12/h3-5,7,9,16-18,20,28,32-34H,2,6,8H2,1H3/b10-3+. The van der Waals surface area contributed by atoms with Crippen LogP contribution in [0.25, 0.3) is 17.0 Å². The van der Waals surface area contributed by atoms with Crippen molar-refractivity contribution in [3.8, 4) is 11.3 Å². The van der Waals surface area contributed by atoms with E-state index in [4.69, 9.17) is 9.94 Å². The SMILES string of the molecule is C=C(/C=C(\C)NO)n1ncnc1C1CC(n2cc(-c3cc(F)c(F)c(F)c3)nn2)C(O)C(CO)O1. The molecule has 0 radical (unpaired) electrons. The predicted molar refractivity (Wildman–Crippen MR) is 114 cm³/mol. The number of hydrogen-bond donors (Lipinski definition) is 4. The van der Waals surface area contributed by atoms with Gasteiger partial charge in [0.25, 0.3) is 0 Å². The van der Waals surface area contributed by atoms with E-state index in [0.717, 1.165) is 12.1 Å². The Labute approximate surface area is 196 Å². The molecule has 1 fully saturated rings. The number of nitrogens with zero attached hydrogens (tertiary/aromatic N) is 6. The summed E-state index contributed by atoms with van der Waals surface area (Å²) < 4.78 is 49.1. The normalized spacial score (nSPS) is 22.9. The van der Waals surface area contributed by atoms with Crippen LogP contribution in [-0.2, 0) is 4.74 Å². The average molecular weight is 493 g/mol. The van der Waals surface area contributed by atoms with E-state index >= 15 is 0 Å². The molecule has 4 N–H and O–H groups in total. The van der Waals surface area contributed by atoms with Crippen LogP contribution in [0.15, 0.2) is 43.0 Å². The molecule has 11 nitrogen and oxygen atoms in total. The number of halogens is 3. The lowest BCUT2D eigenvalue weighted by Crippen LogP contribution is -2.45. The van der Waals surface area contributed by atoms with Gasteiger partial charge in [0.2, 0.25) is 0 Å². The third-order valence-corrected chi connectivity index (χ3v) is 5.57. The first-order valence-electron chi connectivity index (χ1n) is 10.4. The van der Waals surface area contributed by atoms with E-state index in [-0.39, 0.29) is 17.7 Å². The highest BCUT2D eigenvalue weighted by Gasteiger charge is 2.41. The van der Waals surface area contributed by atoms with E-state index in [1.807, 2.05) is 5.48 Å². The van der Waals surface area contributed by atoms with Gasteiger partial charge in [0.1, 0.15) is 30.3 Å².